The molecule has 0 radical (unpaired) electrons. The normalized spacial score (nSPS) is 13.0. The summed E-state index contributed by atoms with van der Waals surface area (Å²) in [4.78, 5) is 0. The number of phenolic OH excluding ortho intramolecular Hbond substituents is 2. The first kappa shape index (κ1) is 21.0. The smallest absolute Gasteiger partial charge is 0.169 e. The second-order valence-electron chi connectivity index (χ2n) is 8.42. The van der Waals surface area contributed by atoms with Gasteiger partial charge in [0.15, 0.2) is 11.5 Å². The summed E-state index contributed by atoms with van der Waals surface area (Å²) in [5, 5.41) is 20.4. The van der Waals surface area contributed by atoms with Gasteiger partial charge in [0.25, 0.3) is 0 Å². The van der Waals surface area contributed by atoms with E-state index in [9.17, 15) is 10.2 Å². The fourth-order valence-corrected chi connectivity index (χ4v) is 4.38. The van der Waals surface area contributed by atoms with Crippen molar-refractivity contribution in [3.63, 3.8) is 0 Å². The third kappa shape index (κ3) is 4.51. The highest BCUT2D eigenvalue weighted by atomic mass is 16.5. The maximum Gasteiger partial charge on any atom is 0.169 e. The van der Waals surface area contributed by atoms with E-state index < -0.39 is 0 Å². The first-order valence-electron chi connectivity index (χ1n) is 11.2. The van der Waals surface area contributed by atoms with Gasteiger partial charge in [-0.15, -0.1) is 0 Å². The van der Waals surface area contributed by atoms with Gasteiger partial charge in [0.2, 0.25) is 0 Å². The van der Waals surface area contributed by atoms with Crippen LogP contribution in [0, 0.1) is 0 Å². The summed E-state index contributed by atoms with van der Waals surface area (Å²) in [6.45, 7) is 0. The Morgan fingerprint density at radius 1 is 0.667 bits per heavy atom. The van der Waals surface area contributed by atoms with Gasteiger partial charge in [-0.25, -0.2) is 0 Å². The maximum absolute atomic E-state index is 10.3. The van der Waals surface area contributed by atoms with Gasteiger partial charge in [0.1, 0.15) is 17.2 Å². The van der Waals surface area contributed by atoms with E-state index >= 15 is 0 Å². The lowest BCUT2D eigenvalue weighted by Gasteiger charge is -2.16. The van der Waals surface area contributed by atoms with E-state index in [1.165, 1.54) is 5.56 Å². The average Bonchev–Trinajstić information content (AvgIpc) is 2.83. The minimum absolute atomic E-state index is 0.125. The van der Waals surface area contributed by atoms with E-state index in [0.717, 1.165) is 59.3 Å². The third-order valence-corrected chi connectivity index (χ3v) is 6.21. The summed E-state index contributed by atoms with van der Waals surface area (Å²) in [6.07, 6.45) is 3.23. The van der Waals surface area contributed by atoms with E-state index in [1.807, 2.05) is 48.5 Å². The zero-order valence-corrected chi connectivity index (χ0v) is 18.5. The summed E-state index contributed by atoms with van der Waals surface area (Å²) in [7, 11) is 1.69. The quantitative estimate of drug-likeness (QED) is 0.359. The highest BCUT2D eigenvalue weighted by Gasteiger charge is 2.14. The lowest BCUT2D eigenvalue weighted by atomic mass is 9.93. The van der Waals surface area contributed by atoms with E-state index in [-0.39, 0.29) is 11.5 Å². The Labute approximate surface area is 193 Å². The van der Waals surface area contributed by atoms with Crippen molar-refractivity contribution < 1.29 is 19.7 Å². The molecule has 4 aliphatic rings. The lowest BCUT2D eigenvalue weighted by molar-refractivity contribution is 0.410. The monoisotopic (exact) mass is 438 g/mol. The largest absolute Gasteiger partial charge is 0.508 e. The second-order valence-corrected chi connectivity index (χ2v) is 8.42. The summed E-state index contributed by atoms with van der Waals surface area (Å²) >= 11 is 0. The molecule has 0 aromatic heterocycles. The Balaban J connectivity index is 1.60. The molecule has 0 unspecified atom stereocenters. The molecule has 4 heterocycles. The van der Waals surface area contributed by atoms with Crippen LogP contribution in [0.25, 0.3) is 11.1 Å². The number of phenols is 2. The Hall–Kier alpha value is -3.92. The zero-order chi connectivity index (χ0) is 22.8. The number of hydrogen-bond donors (Lipinski definition) is 2. The van der Waals surface area contributed by atoms with Crippen molar-refractivity contribution in [2.45, 2.75) is 25.7 Å². The van der Waals surface area contributed by atoms with Crippen LogP contribution in [-0.4, -0.2) is 17.3 Å². The van der Waals surface area contributed by atoms with Gasteiger partial charge in [-0.2, -0.15) is 0 Å². The molecular weight excluding hydrogens is 412 g/mol. The van der Waals surface area contributed by atoms with Crippen LogP contribution in [-0.2, 0) is 25.7 Å². The number of benzene rings is 4. The van der Waals surface area contributed by atoms with E-state index in [2.05, 4.69) is 18.2 Å². The second kappa shape index (κ2) is 8.91. The molecule has 4 aromatic rings. The van der Waals surface area contributed by atoms with Gasteiger partial charge in [0, 0.05) is 5.56 Å². The Morgan fingerprint density at radius 2 is 1.33 bits per heavy atom. The summed E-state index contributed by atoms with van der Waals surface area (Å²) < 4.78 is 11.7. The molecule has 4 heteroatoms. The van der Waals surface area contributed by atoms with Crippen LogP contribution in [0.2, 0.25) is 0 Å². The summed E-state index contributed by atoms with van der Waals surface area (Å²) in [6, 6.07) is 25.3. The molecular formula is C29H26O4. The summed E-state index contributed by atoms with van der Waals surface area (Å²) in [5.74, 6) is 2.35. The van der Waals surface area contributed by atoms with E-state index in [1.54, 1.807) is 19.2 Å². The van der Waals surface area contributed by atoms with Gasteiger partial charge in [-0.1, -0.05) is 36.4 Å². The van der Waals surface area contributed by atoms with Crippen molar-refractivity contribution in [1.82, 2.24) is 0 Å². The maximum atomic E-state index is 10.3. The van der Waals surface area contributed by atoms with Crippen LogP contribution in [0.3, 0.4) is 0 Å². The molecule has 0 fully saturated rings. The summed E-state index contributed by atoms with van der Waals surface area (Å²) in [5.41, 5.74) is 6.58. The van der Waals surface area contributed by atoms with Crippen LogP contribution in [0.15, 0.2) is 78.9 Å². The molecule has 0 saturated carbocycles. The molecule has 4 aromatic carbocycles. The van der Waals surface area contributed by atoms with Crippen LogP contribution in [0.4, 0.5) is 0 Å². The first-order valence-corrected chi connectivity index (χ1v) is 11.2. The van der Waals surface area contributed by atoms with Crippen molar-refractivity contribution in [2.75, 3.05) is 7.11 Å². The molecule has 33 heavy (non-hydrogen) atoms. The van der Waals surface area contributed by atoms with Crippen molar-refractivity contribution in [1.29, 1.82) is 0 Å². The van der Waals surface area contributed by atoms with Crippen LogP contribution in [0.1, 0.15) is 22.3 Å². The number of rotatable bonds is 1. The van der Waals surface area contributed by atoms with Gasteiger partial charge >= 0.3 is 0 Å². The SMILES string of the molecule is COc1cc2ccc1-c1ccc(O)cc1CCc1ccc(cc1)Oc1cc(ccc1O)CC2. The topological polar surface area (TPSA) is 58.9 Å². The minimum Gasteiger partial charge on any atom is -0.508 e. The highest BCUT2D eigenvalue weighted by molar-refractivity contribution is 5.74. The Morgan fingerprint density at radius 3 is 2.12 bits per heavy atom. The number of methoxy groups -OCH3 is 1. The van der Waals surface area contributed by atoms with Crippen molar-refractivity contribution in [2.24, 2.45) is 0 Å². The van der Waals surface area contributed by atoms with Crippen LogP contribution in [0.5, 0.6) is 28.7 Å². The Kier molecular flexibility index (Phi) is 5.66. The van der Waals surface area contributed by atoms with Crippen molar-refractivity contribution in [3.8, 4) is 39.9 Å². The number of ether oxygens (including phenoxy) is 2. The fraction of sp³-hybridized carbons (Fsp3) is 0.172. The lowest BCUT2D eigenvalue weighted by Crippen LogP contribution is -1.99. The molecule has 0 atom stereocenters. The van der Waals surface area contributed by atoms with Crippen LogP contribution < -0.4 is 9.47 Å². The van der Waals surface area contributed by atoms with E-state index in [0.29, 0.717) is 11.5 Å². The Bertz CT molecular complexity index is 1290. The van der Waals surface area contributed by atoms with Gasteiger partial charge in [-0.05, 0) is 96.0 Å². The van der Waals surface area contributed by atoms with Gasteiger partial charge < -0.3 is 19.7 Å². The number of aryl methyl sites for hydroxylation is 4. The zero-order valence-electron chi connectivity index (χ0n) is 18.5. The molecule has 2 N–H and O–H groups in total. The molecule has 4 nitrogen and oxygen atoms in total. The highest BCUT2D eigenvalue weighted by Crippen LogP contribution is 2.36. The number of hydrogen-bond acceptors (Lipinski definition) is 4. The molecule has 8 rings (SSSR count). The molecule has 4 aliphatic heterocycles. The predicted molar refractivity (Wildman–Crippen MR) is 130 cm³/mol. The average molecular weight is 439 g/mol. The molecule has 0 spiro atoms. The van der Waals surface area contributed by atoms with Gasteiger partial charge in [-0.3, -0.25) is 0 Å². The molecule has 0 saturated heterocycles. The van der Waals surface area contributed by atoms with E-state index in [4.69, 9.17) is 9.47 Å². The third-order valence-electron chi connectivity index (χ3n) is 6.21. The fourth-order valence-electron chi connectivity index (χ4n) is 4.38. The number of aromatic hydroxyl groups is 2. The molecule has 166 valence electrons. The minimum atomic E-state index is 0.125. The van der Waals surface area contributed by atoms with Gasteiger partial charge in [0.05, 0.1) is 7.11 Å². The van der Waals surface area contributed by atoms with Crippen molar-refractivity contribution in [3.05, 3.63) is 101 Å². The first-order chi connectivity index (χ1) is 16.1. The molecule has 0 aliphatic carbocycles. The standard InChI is InChI=1S/C29H26O4/c1-32-28-16-20-2-3-21-8-15-27(31)29(17-21)33-24-11-5-19(6-12-24)4-9-22-18-23(30)10-14-25(22)26(28)13-7-20/h5-8,10-18,30-31H,2-4,9H2,1H3. The molecule has 6 bridgehead atoms. The molecule has 0 amide bonds. The van der Waals surface area contributed by atoms with Crippen LogP contribution >= 0.6 is 0 Å². The predicted octanol–water partition coefficient (Wildman–Crippen LogP) is 6.45. The van der Waals surface area contributed by atoms with Crippen molar-refractivity contribution >= 4 is 0 Å².